The van der Waals surface area contributed by atoms with Gasteiger partial charge >= 0.3 is 0 Å². The summed E-state index contributed by atoms with van der Waals surface area (Å²) in [5.74, 6) is 0.182. The summed E-state index contributed by atoms with van der Waals surface area (Å²) in [6, 6.07) is 3.72. The summed E-state index contributed by atoms with van der Waals surface area (Å²) in [5, 5.41) is 3.36. The number of pyridine rings is 1. The van der Waals surface area contributed by atoms with Crippen molar-refractivity contribution >= 4 is 18.1 Å². The fourth-order valence-electron chi connectivity index (χ4n) is 2.60. The molecule has 1 aromatic heterocycles. The summed E-state index contributed by atoms with van der Waals surface area (Å²) < 4.78 is 0. The van der Waals surface area contributed by atoms with Gasteiger partial charge in [0.25, 0.3) is 5.91 Å². The van der Waals surface area contributed by atoms with Crippen LogP contribution in [0.15, 0.2) is 18.3 Å². The van der Waals surface area contributed by atoms with Gasteiger partial charge in [-0.25, -0.2) is 4.98 Å². The molecule has 3 N–H and O–H groups in total. The number of amides is 2. The molecule has 6 nitrogen and oxygen atoms in total. The molecule has 1 fully saturated rings. The van der Waals surface area contributed by atoms with Crippen LogP contribution in [0.5, 0.6) is 0 Å². The minimum Gasteiger partial charge on any atom is -0.367 e. The van der Waals surface area contributed by atoms with Crippen LogP contribution < -0.4 is 16.2 Å². The average Bonchev–Trinajstić information content (AvgIpc) is 2.47. The predicted molar refractivity (Wildman–Crippen MR) is 80.6 cm³/mol. The summed E-state index contributed by atoms with van der Waals surface area (Å²) in [5.41, 5.74) is 5.28. The molecule has 0 bridgehead atoms. The lowest BCUT2D eigenvalue weighted by Crippen LogP contribution is -2.37. The predicted octanol–water partition coefficient (Wildman–Crippen LogP) is 1.85. The highest BCUT2D eigenvalue weighted by atomic mass is 16.2. The maximum atomic E-state index is 12.0. The summed E-state index contributed by atoms with van der Waals surface area (Å²) in [7, 11) is 0. The van der Waals surface area contributed by atoms with Gasteiger partial charge in [-0.2, -0.15) is 0 Å². The van der Waals surface area contributed by atoms with Crippen molar-refractivity contribution in [2.24, 2.45) is 5.41 Å². The molecule has 0 saturated heterocycles. The Morgan fingerprint density at radius 3 is 2.76 bits per heavy atom. The zero-order valence-corrected chi connectivity index (χ0v) is 12.5. The maximum Gasteiger partial charge on any atom is 0.273 e. The first kappa shape index (κ1) is 15.3. The highest BCUT2D eigenvalue weighted by Gasteiger charge is 2.27. The Kier molecular flexibility index (Phi) is 4.77. The molecule has 1 saturated carbocycles. The molecule has 1 aromatic rings. The summed E-state index contributed by atoms with van der Waals surface area (Å²) in [6.45, 7) is 4.57. The summed E-state index contributed by atoms with van der Waals surface area (Å²) in [6.07, 6.45) is 6.52. The van der Waals surface area contributed by atoms with E-state index in [-0.39, 0.29) is 5.91 Å². The number of hydrogen-bond acceptors (Lipinski definition) is 4. The van der Waals surface area contributed by atoms with Gasteiger partial charge in [0.05, 0.1) is 5.56 Å². The number of hydrogen-bond donors (Lipinski definition) is 3. The van der Waals surface area contributed by atoms with Crippen LogP contribution in [0.25, 0.3) is 0 Å². The molecule has 0 aromatic carbocycles. The second kappa shape index (κ2) is 6.56. The third-order valence-electron chi connectivity index (χ3n) is 3.98. The van der Waals surface area contributed by atoms with Crippen LogP contribution in [-0.4, -0.2) is 23.3 Å². The fraction of sp³-hybridized carbons (Fsp3) is 0.533. The van der Waals surface area contributed by atoms with Crippen LogP contribution in [-0.2, 0) is 4.79 Å². The van der Waals surface area contributed by atoms with Gasteiger partial charge in [0.2, 0.25) is 6.41 Å². The van der Waals surface area contributed by atoms with Crippen LogP contribution in [0.1, 0.15) is 49.9 Å². The fourth-order valence-corrected chi connectivity index (χ4v) is 2.60. The number of nitrogens with one attached hydrogen (secondary N) is 3. The average molecular weight is 290 g/mol. The third kappa shape index (κ3) is 4.18. The number of carbonyl (C=O) groups excluding carboxylic acids is 2. The smallest absolute Gasteiger partial charge is 0.273 e. The largest absolute Gasteiger partial charge is 0.367 e. The molecule has 114 valence electrons. The van der Waals surface area contributed by atoms with E-state index >= 15 is 0 Å². The van der Waals surface area contributed by atoms with E-state index in [4.69, 9.17) is 0 Å². The van der Waals surface area contributed by atoms with Gasteiger partial charge < -0.3 is 5.32 Å². The molecular weight excluding hydrogens is 268 g/mol. The number of rotatable bonds is 5. The Balaban J connectivity index is 2.03. The Bertz CT molecular complexity index is 506. The molecule has 0 radical (unpaired) electrons. The van der Waals surface area contributed by atoms with E-state index in [1.165, 1.54) is 0 Å². The normalized spacial score (nSPS) is 17.8. The molecule has 1 aliphatic rings. The monoisotopic (exact) mass is 290 g/mol. The second-order valence-corrected chi connectivity index (χ2v) is 6.20. The first-order valence-electron chi connectivity index (χ1n) is 7.23. The minimum atomic E-state index is -0.381. The van der Waals surface area contributed by atoms with Gasteiger partial charge in [-0.1, -0.05) is 13.8 Å². The highest BCUT2D eigenvalue weighted by Crippen LogP contribution is 2.36. The Labute approximate surface area is 124 Å². The van der Waals surface area contributed by atoms with E-state index in [1.807, 2.05) is 0 Å². The van der Waals surface area contributed by atoms with Crippen molar-refractivity contribution in [1.29, 1.82) is 0 Å². The van der Waals surface area contributed by atoms with Crippen molar-refractivity contribution in [3.05, 3.63) is 23.9 Å². The van der Waals surface area contributed by atoms with E-state index in [2.05, 4.69) is 35.0 Å². The molecule has 0 unspecified atom stereocenters. The minimum absolute atomic E-state index is 0.332. The zero-order valence-electron chi connectivity index (χ0n) is 12.5. The molecule has 6 heteroatoms. The molecule has 1 aliphatic carbocycles. The summed E-state index contributed by atoms with van der Waals surface area (Å²) >= 11 is 0. The van der Waals surface area contributed by atoms with E-state index in [1.54, 1.807) is 18.3 Å². The number of hydrazine groups is 1. The van der Waals surface area contributed by atoms with Crippen molar-refractivity contribution in [3.63, 3.8) is 0 Å². The first-order chi connectivity index (χ1) is 10.0. The Morgan fingerprint density at radius 2 is 2.10 bits per heavy atom. The zero-order chi connectivity index (χ0) is 15.3. The topological polar surface area (TPSA) is 83.1 Å². The molecular formula is C15H22N4O2. The van der Waals surface area contributed by atoms with Crippen LogP contribution in [0.3, 0.4) is 0 Å². The van der Waals surface area contributed by atoms with Gasteiger partial charge in [0.1, 0.15) is 5.82 Å². The van der Waals surface area contributed by atoms with Crippen molar-refractivity contribution in [2.75, 3.05) is 5.32 Å². The Morgan fingerprint density at radius 1 is 1.38 bits per heavy atom. The van der Waals surface area contributed by atoms with Crippen LogP contribution in [0.4, 0.5) is 5.82 Å². The molecule has 21 heavy (non-hydrogen) atoms. The lowest BCUT2D eigenvalue weighted by molar-refractivity contribution is -0.110. The second-order valence-electron chi connectivity index (χ2n) is 6.20. The van der Waals surface area contributed by atoms with E-state index in [0.717, 1.165) is 25.7 Å². The molecule has 0 spiro atoms. The Hall–Kier alpha value is -2.11. The van der Waals surface area contributed by atoms with Crippen LogP contribution in [0, 0.1) is 5.41 Å². The first-order valence-corrected chi connectivity index (χ1v) is 7.23. The van der Waals surface area contributed by atoms with E-state index < -0.39 is 0 Å². The van der Waals surface area contributed by atoms with Crippen molar-refractivity contribution in [2.45, 2.75) is 45.6 Å². The van der Waals surface area contributed by atoms with Crippen LogP contribution >= 0.6 is 0 Å². The lowest BCUT2D eigenvalue weighted by atomic mass is 9.75. The lowest BCUT2D eigenvalue weighted by Gasteiger charge is -2.35. The van der Waals surface area contributed by atoms with Gasteiger partial charge in [-0.3, -0.25) is 20.4 Å². The third-order valence-corrected chi connectivity index (χ3v) is 3.98. The van der Waals surface area contributed by atoms with Crippen molar-refractivity contribution in [1.82, 2.24) is 15.8 Å². The van der Waals surface area contributed by atoms with Gasteiger partial charge in [0.15, 0.2) is 0 Å². The molecule has 0 aliphatic heterocycles. The van der Waals surface area contributed by atoms with Crippen LogP contribution in [0.2, 0.25) is 0 Å². The van der Waals surface area contributed by atoms with Gasteiger partial charge in [-0.15, -0.1) is 0 Å². The number of anilines is 1. The quantitative estimate of drug-likeness (QED) is 0.571. The van der Waals surface area contributed by atoms with Crippen molar-refractivity contribution < 1.29 is 9.59 Å². The molecule has 2 amide bonds. The number of carbonyl (C=O) groups is 2. The highest BCUT2D eigenvalue weighted by molar-refractivity contribution is 5.98. The van der Waals surface area contributed by atoms with Crippen molar-refractivity contribution in [3.8, 4) is 0 Å². The SMILES string of the molecule is CC1(C)CCC(Nc2ncccc2C(=O)NNC=O)CC1. The standard InChI is InChI=1S/C15H22N4O2/c1-15(2)7-5-11(6-8-15)18-13-12(4-3-9-16-13)14(21)19-17-10-20/h3-4,9-11H,5-8H2,1-2H3,(H,16,18)(H,17,20)(H,19,21). The maximum absolute atomic E-state index is 12.0. The molecule has 1 heterocycles. The van der Waals surface area contributed by atoms with E-state index in [0.29, 0.717) is 29.2 Å². The summed E-state index contributed by atoms with van der Waals surface area (Å²) in [4.78, 5) is 26.5. The number of aromatic nitrogens is 1. The van der Waals surface area contributed by atoms with E-state index in [9.17, 15) is 9.59 Å². The number of nitrogens with zero attached hydrogens (tertiary/aromatic N) is 1. The van der Waals surface area contributed by atoms with Gasteiger partial charge in [-0.05, 0) is 43.2 Å². The molecule has 2 rings (SSSR count). The molecule has 0 atom stereocenters. The van der Waals surface area contributed by atoms with Gasteiger partial charge in [0, 0.05) is 12.2 Å².